The van der Waals surface area contributed by atoms with Crippen molar-refractivity contribution in [2.75, 3.05) is 14.2 Å². The number of aromatic nitrogens is 2. The van der Waals surface area contributed by atoms with Crippen LogP contribution >= 0.6 is 0 Å². The summed E-state index contributed by atoms with van der Waals surface area (Å²) in [6, 6.07) is 6.22. The molecule has 2 rings (SSSR count). The molecule has 0 saturated carbocycles. The summed E-state index contributed by atoms with van der Waals surface area (Å²) < 4.78 is 13.3. The average Bonchev–Trinajstić information content (AvgIpc) is 2.95. The maximum atomic E-state index is 5.97. The van der Waals surface area contributed by atoms with E-state index in [1.54, 1.807) is 7.11 Å². The number of benzene rings is 1. The van der Waals surface area contributed by atoms with Gasteiger partial charge in [-0.15, -0.1) is 0 Å². The molecule has 0 aliphatic rings. The highest BCUT2D eigenvalue weighted by molar-refractivity contribution is 5.40. The largest absolute Gasteiger partial charge is 0.497 e. The summed E-state index contributed by atoms with van der Waals surface area (Å²) in [5.41, 5.74) is 2.14. The van der Waals surface area contributed by atoms with Crippen molar-refractivity contribution >= 4 is 0 Å². The molecule has 114 valence electrons. The first-order valence-corrected chi connectivity index (χ1v) is 7.10. The van der Waals surface area contributed by atoms with Crippen LogP contribution in [-0.2, 0) is 13.2 Å². The number of nitrogens with zero attached hydrogens (tertiary/aromatic N) is 2. The Bertz CT molecular complexity index is 579. The van der Waals surface area contributed by atoms with Gasteiger partial charge in [0.25, 0.3) is 0 Å². The number of ether oxygens (including phenoxy) is 2. The minimum absolute atomic E-state index is 0.374. The van der Waals surface area contributed by atoms with E-state index >= 15 is 0 Å². The van der Waals surface area contributed by atoms with Crippen LogP contribution in [0.5, 0.6) is 11.5 Å². The second-order valence-corrected chi connectivity index (χ2v) is 5.18. The van der Waals surface area contributed by atoms with E-state index in [2.05, 4.69) is 28.7 Å². The predicted molar refractivity (Wildman–Crippen MR) is 82.7 cm³/mol. The van der Waals surface area contributed by atoms with Gasteiger partial charge < -0.3 is 19.4 Å². The van der Waals surface area contributed by atoms with Gasteiger partial charge in [0, 0.05) is 18.2 Å². The number of rotatable bonds is 7. The molecule has 21 heavy (non-hydrogen) atoms. The lowest BCUT2D eigenvalue weighted by molar-refractivity contribution is 0.288. The Morgan fingerprint density at radius 3 is 2.81 bits per heavy atom. The minimum Gasteiger partial charge on any atom is -0.497 e. The molecule has 5 heteroatoms. The van der Waals surface area contributed by atoms with Crippen LogP contribution in [0.2, 0.25) is 0 Å². The maximum absolute atomic E-state index is 5.97. The molecule has 0 saturated heterocycles. The van der Waals surface area contributed by atoms with Crippen molar-refractivity contribution in [2.45, 2.75) is 33.0 Å². The predicted octanol–water partition coefficient (Wildman–Crippen LogP) is 2.77. The Labute approximate surface area is 125 Å². The lowest BCUT2D eigenvalue weighted by Gasteiger charge is -2.15. The van der Waals surface area contributed by atoms with Crippen LogP contribution in [-0.4, -0.2) is 23.7 Å². The van der Waals surface area contributed by atoms with Crippen molar-refractivity contribution < 1.29 is 9.47 Å². The standard InChI is InChI=1S/C16H23N3O2/c1-12(2)19-11-18-9-14(19)10-21-16-6-5-15(20-4)7-13(16)8-17-3/h5-7,9,11-12,17H,8,10H2,1-4H3. The highest BCUT2D eigenvalue weighted by Crippen LogP contribution is 2.25. The van der Waals surface area contributed by atoms with E-state index in [0.717, 1.165) is 29.3 Å². The summed E-state index contributed by atoms with van der Waals surface area (Å²) in [5, 5.41) is 3.15. The molecule has 0 radical (unpaired) electrons. The summed E-state index contributed by atoms with van der Waals surface area (Å²) in [6.45, 7) is 5.49. The first kappa shape index (κ1) is 15.4. The zero-order valence-electron chi connectivity index (χ0n) is 13.1. The fraction of sp³-hybridized carbons (Fsp3) is 0.438. The van der Waals surface area contributed by atoms with Gasteiger partial charge in [0.2, 0.25) is 0 Å². The van der Waals surface area contributed by atoms with Crippen LogP contribution in [0.3, 0.4) is 0 Å². The molecule has 1 heterocycles. The van der Waals surface area contributed by atoms with Gasteiger partial charge in [-0.2, -0.15) is 0 Å². The lowest BCUT2D eigenvalue weighted by atomic mass is 10.2. The average molecular weight is 289 g/mol. The normalized spacial score (nSPS) is 10.9. The van der Waals surface area contributed by atoms with E-state index in [1.807, 2.05) is 37.8 Å². The zero-order valence-corrected chi connectivity index (χ0v) is 13.1. The molecule has 0 unspecified atom stereocenters. The molecule has 1 aromatic carbocycles. The highest BCUT2D eigenvalue weighted by atomic mass is 16.5. The fourth-order valence-electron chi connectivity index (χ4n) is 2.21. The third-order valence-electron chi connectivity index (χ3n) is 3.31. The summed E-state index contributed by atoms with van der Waals surface area (Å²) in [4.78, 5) is 4.19. The van der Waals surface area contributed by atoms with Crippen molar-refractivity contribution in [3.63, 3.8) is 0 Å². The fourth-order valence-corrected chi connectivity index (χ4v) is 2.21. The van der Waals surface area contributed by atoms with Gasteiger partial charge in [0.1, 0.15) is 18.1 Å². The molecule has 0 amide bonds. The van der Waals surface area contributed by atoms with E-state index in [1.165, 1.54) is 0 Å². The number of hydrogen-bond donors (Lipinski definition) is 1. The van der Waals surface area contributed by atoms with Gasteiger partial charge >= 0.3 is 0 Å². The topological polar surface area (TPSA) is 48.3 Å². The van der Waals surface area contributed by atoms with Crippen molar-refractivity contribution in [2.24, 2.45) is 0 Å². The van der Waals surface area contributed by atoms with Crippen molar-refractivity contribution in [3.05, 3.63) is 42.0 Å². The van der Waals surface area contributed by atoms with E-state index in [0.29, 0.717) is 12.6 Å². The Morgan fingerprint density at radius 1 is 1.33 bits per heavy atom. The molecular weight excluding hydrogens is 266 g/mol. The molecule has 0 aliphatic heterocycles. The van der Waals surface area contributed by atoms with Gasteiger partial charge in [0.15, 0.2) is 0 Å². The van der Waals surface area contributed by atoms with Crippen LogP contribution < -0.4 is 14.8 Å². The molecule has 1 N–H and O–H groups in total. The van der Waals surface area contributed by atoms with Crippen molar-refractivity contribution in [3.8, 4) is 11.5 Å². The van der Waals surface area contributed by atoms with Gasteiger partial charge in [-0.1, -0.05) is 0 Å². The molecule has 1 aromatic heterocycles. The van der Waals surface area contributed by atoms with Crippen LogP contribution in [0.25, 0.3) is 0 Å². The van der Waals surface area contributed by atoms with E-state index < -0.39 is 0 Å². The second-order valence-electron chi connectivity index (χ2n) is 5.18. The van der Waals surface area contributed by atoms with Crippen LogP contribution in [0.15, 0.2) is 30.7 Å². The Hall–Kier alpha value is -2.01. The molecule has 0 bridgehead atoms. The summed E-state index contributed by atoms with van der Waals surface area (Å²) in [5.74, 6) is 1.70. The van der Waals surface area contributed by atoms with E-state index in [9.17, 15) is 0 Å². The SMILES string of the molecule is CNCc1cc(OC)ccc1OCc1cncn1C(C)C. The first-order chi connectivity index (χ1) is 10.2. The molecule has 5 nitrogen and oxygen atoms in total. The van der Waals surface area contributed by atoms with Gasteiger partial charge in [0.05, 0.1) is 25.3 Å². The van der Waals surface area contributed by atoms with Crippen molar-refractivity contribution in [1.29, 1.82) is 0 Å². The Balaban J connectivity index is 2.13. The highest BCUT2D eigenvalue weighted by Gasteiger charge is 2.09. The molecule has 0 fully saturated rings. The third-order valence-corrected chi connectivity index (χ3v) is 3.31. The van der Waals surface area contributed by atoms with Crippen LogP contribution in [0, 0.1) is 0 Å². The molecule has 2 aromatic rings. The Morgan fingerprint density at radius 2 is 2.14 bits per heavy atom. The molecular formula is C16H23N3O2. The van der Waals surface area contributed by atoms with Gasteiger partial charge in [-0.3, -0.25) is 0 Å². The van der Waals surface area contributed by atoms with Crippen LogP contribution in [0.4, 0.5) is 0 Å². The van der Waals surface area contributed by atoms with E-state index in [4.69, 9.17) is 9.47 Å². The minimum atomic E-state index is 0.374. The summed E-state index contributed by atoms with van der Waals surface area (Å²) >= 11 is 0. The smallest absolute Gasteiger partial charge is 0.130 e. The lowest BCUT2D eigenvalue weighted by Crippen LogP contribution is -2.10. The Kier molecular flexibility index (Phi) is 5.22. The molecule has 0 atom stereocenters. The third kappa shape index (κ3) is 3.76. The van der Waals surface area contributed by atoms with Gasteiger partial charge in [-0.05, 0) is 39.1 Å². The molecule has 0 spiro atoms. The number of methoxy groups -OCH3 is 1. The zero-order chi connectivity index (χ0) is 15.2. The number of imidazole rings is 1. The summed E-state index contributed by atoms with van der Waals surface area (Å²) in [6.07, 6.45) is 3.69. The van der Waals surface area contributed by atoms with Crippen LogP contribution in [0.1, 0.15) is 31.1 Å². The maximum Gasteiger partial charge on any atom is 0.130 e. The number of nitrogens with one attached hydrogen (secondary N) is 1. The second kappa shape index (κ2) is 7.13. The van der Waals surface area contributed by atoms with E-state index in [-0.39, 0.29) is 0 Å². The van der Waals surface area contributed by atoms with Crippen molar-refractivity contribution in [1.82, 2.24) is 14.9 Å². The molecule has 0 aliphatic carbocycles. The summed E-state index contributed by atoms with van der Waals surface area (Å²) in [7, 11) is 3.58. The van der Waals surface area contributed by atoms with Gasteiger partial charge in [-0.25, -0.2) is 4.98 Å². The number of hydrogen-bond acceptors (Lipinski definition) is 4. The quantitative estimate of drug-likeness (QED) is 0.851. The first-order valence-electron chi connectivity index (χ1n) is 7.10. The monoisotopic (exact) mass is 289 g/mol.